The van der Waals surface area contributed by atoms with Crippen LogP contribution in [0.15, 0.2) is 0 Å². The molecule has 0 spiro atoms. The molecule has 100 valence electrons. The number of halogens is 3. The SMILES string of the molecule is CCOC(=O)c1c(C(F)(F)F)nn(C2CC2)c1N. The van der Waals surface area contributed by atoms with Gasteiger partial charge in [0.15, 0.2) is 5.69 Å². The monoisotopic (exact) mass is 263 g/mol. The van der Waals surface area contributed by atoms with Gasteiger partial charge in [0.05, 0.1) is 12.6 Å². The van der Waals surface area contributed by atoms with E-state index in [0.29, 0.717) is 12.8 Å². The molecule has 1 aliphatic carbocycles. The lowest BCUT2D eigenvalue weighted by Crippen LogP contribution is -2.15. The standard InChI is InChI=1S/C10H12F3N3O2/c1-2-18-9(17)6-7(10(11,12)13)15-16(8(6)14)5-3-4-5/h5H,2-4,14H2,1H3. The van der Waals surface area contributed by atoms with Crippen molar-refractivity contribution in [2.75, 3.05) is 12.3 Å². The topological polar surface area (TPSA) is 70.1 Å². The smallest absolute Gasteiger partial charge is 0.436 e. The fourth-order valence-corrected chi connectivity index (χ4v) is 1.65. The summed E-state index contributed by atoms with van der Waals surface area (Å²) in [5.41, 5.74) is 3.62. The van der Waals surface area contributed by atoms with Gasteiger partial charge < -0.3 is 10.5 Å². The highest BCUT2D eigenvalue weighted by molar-refractivity contribution is 5.95. The number of nitrogen functional groups attached to an aromatic ring is 1. The summed E-state index contributed by atoms with van der Waals surface area (Å²) >= 11 is 0. The van der Waals surface area contributed by atoms with Crippen LogP contribution in [0.3, 0.4) is 0 Å². The van der Waals surface area contributed by atoms with Crippen LogP contribution in [0.4, 0.5) is 19.0 Å². The third-order valence-electron chi connectivity index (χ3n) is 2.59. The molecule has 2 rings (SSSR count). The van der Waals surface area contributed by atoms with E-state index in [1.807, 2.05) is 0 Å². The normalized spacial score (nSPS) is 15.8. The van der Waals surface area contributed by atoms with Crippen molar-refractivity contribution in [3.05, 3.63) is 11.3 Å². The number of carbonyl (C=O) groups excluding carboxylic acids is 1. The van der Waals surface area contributed by atoms with Crippen molar-refractivity contribution in [2.45, 2.75) is 32.0 Å². The summed E-state index contributed by atoms with van der Waals surface area (Å²) in [6.07, 6.45) is -3.30. The van der Waals surface area contributed by atoms with Crippen LogP contribution in [0.25, 0.3) is 0 Å². The maximum absolute atomic E-state index is 12.8. The third kappa shape index (κ3) is 2.14. The van der Waals surface area contributed by atoms with Crippen molar-refractivity contribution in [3.63, 3.8) is 0 Å². The Kier molecular flexibility index (Phi) is 2.95. The number of alkyl halides is 3. The average molecular weight is 263 g/mol. The van der Waals surface area contributed by atoms with Gasteiger partial charge in [-0.15, -0.1) is 0 Å². The number of ether oxygens (including phenoxy) is 1. The predicted molar refractivity (Wildman–Crippen MR) is 55.9 cm³/mol. The molecule has 0 unspecified atom stereocenters. The number of hydrogen-bond donors (Lipinski definition) is 1. The number of rotatable bonds is 3. The zero-order valence-corrected chi connectivity index (χ0v) is 9.62. The Labute approximate surface area is 101 Å². The second-order valence-corrected chi connectivity index (χ2v) is 4.00. The van der Waals surface area contributed by atoms with E-state index in [9.17, 15) is 18.0 Å². The van der Waals surface area contributed by atoms with Crippen LogP contribution in [-0.4, -0.2) is 22.4 Å². The average Bonchev–Trinajstić information content (AvgIpc) is 3.01. The summed E-state index contributed by atoms with van der Waals surface area (Å²) in [6.45, 7) is 1.48. The zero-order valence-electron chi connectivity index (χ0n) is 9.62. The van der Waals surface area contributed by atoms with E-state index in [-0.39, 0.29) is 18.5 Å². The molecule has 0 aliphatic heterocycles. The minimum Gasteiger partial charge on any atom is -0.462 e. The Morgan fingerprint density at radius 3 is 2.61 bits per heavy atom. The number of aromatic nitrogens is 2. The fourth-order valence-electron chi connectivity index (χ4n) is 1.65. The quantitative estimate of drug-likeness (QED) is 0.847. The number of hydrogen-bond acceptors (Lipinski definition) is 4. The van der Waals surface area contributed by atoms with Crippen molar-refractivity contribution in [1.82, 2.24) is 9.78 Å². The number of nitrogens with two attached hydrogens (primary N) is 1. The second kappa shape index (κ2) is 4.18. The fraction of sp³-hybridized carbons (Fsp3) is 0.600. The number of carbonyl (C=O) groups is 1. The van der Waals surface area contributed by atoms with Crippen molar-refractivity contribution >= 4 is 11.8 Å². The van der Waals surface area contributed by atoms with E-state index in [1.54, 1.807) is 0 Å². The molecule has 18 heavy (non-hydrogen) atoms. The highest BCUT2D eigenvalue weighted by atomic mass is 19.4. The van der Waals surface area contributed by atoms with Gasteiger partial charge in [0.1, 0.15) is 11.4 Å². The molecule has 0 atom stereocenters. The highest BCUT2D eigenvalue weighted by Gasteiger charge is 2.43. The van der Waals surface area contributed by atoms with Crippen LogP contribution >= 0.6 is 0 Å². The highest BCUT2D eigenvalue weighted by Crippen LogP contribution is 2.41. The van der Waals surface area contributed by atoms with Crippen molar-refractivity contribution < 1.29 is 22.7 Å². The van der Waals surface area contributed by atoms with Crippen LogP contribution in [-0.2, 0) is 10.9 Å². The molecule has 8 heteroatoms. The zero-order chi connectivity index (χ0) is 13.5. The van der Waals surface area contributed by atoms with Crippen LogP contribution in [0.1, 0.15) is 41.9 Å². The van der Waals surface area contributed by atoms with Gasteiger partial charge in [-0.05, 0) is 19.8 Å². The Balaban J connectivity index is 2.49. The van der Waals surface area contributed by atoms with Gasteiger partial charge >= 0.3 is 12.1 Å². The first-order valence-corrected chi connectivity index (χ1v) is 5.48. The molecular formula is C10H12F3N3O2. The number of esters is 1. The molecule has 1 aliphatic rings. The predicted octanol–water partition coefficient (Wildman–Crippen LogP) is 2.00. The van der Waals surface area contributed by atoms with Crippen molar-refractivity contribution in [1.29, 1.82) is 0 Å². The first-order valence-electron chi connectivity index (χ1n) is 5.48. The molecule has 1 heterocycles. The minimum atomic E-state index is -4.73. The maximum Gasteiger partial charge on any atom is 0.436 e. The summed E-state index contributed by atoms with van der Waals surface area (Å²) in [5.74, 6) is -1.36. The lowest BCUT2D eigenvalue weighted by atomic mass is 10.2. The van der Waals surface area contributed by atoms with E-state index < -0.39 is 23.4 Å². The number of nitrogens with zero attached hydrogens (tertiary/aromatic N) is 2. The summed E-state index contributed by atoms with van der Waals surface area (Å²) in [4.78, 5) is 11.5. The van der Waals surface area contributed by atoms with Crippen LogP contribution in [0.5, 0.6) is 0 Å². The Hall–Kier alpha value is -1.73. The molecule has 0 radical (unpaired) electrons. The molecule has 0 aromatic carbocycles. The lowest BCUT2D eigenvalue weighted by molar-refractivity contribution is -0.142. The third-order valence-corrected chi connectivity index (χ3v) is 2.59. The Morgan fingerprint density at radius 2 is 2.17 bits per heavy atom. The molecule has 0 bridgehead atoms. The van der Waals surface area contributed by atoms with E-state index in [4.69, 9.17) is 5.73 Å². The van der Waals surface area contributed by atoms with Gasteiger partial charge in [0, 0.05) is 0 Å². The first kappa shape index (κ1) is 12.7. The Bertz CT molecular complexity index is 477. The minimum absolute atomic E-state index is 0.0236. The van der Waals surface area contributed by atoms with Crippen LogP contribution < -0.4 is 5.73 Å². The summed E-state index contributed by atoms with van der Waals surface area (Å²) < 4.78 is 44.0. The van der Waals surface area contributed by atoms with Gasteiger partial charge in [-0.2, -0.15) is 18.3 Å². The maximum atomic E-state index is 12.8. The molecule has 5 nitrogen and oxygen atoms in total. The van der Waals surface area contributed by atoms with E-state index in [2.05, 4.69) is 9.84 Å². The molecule has 1 aromatic rings. The second-order valence-electron chi connectivity index (χ2n) is 4.00. The Morgan fingerprint density at radius 1 is 1.56 bits per heavy atom. The summed E-state index contributed by atoms with van der Waals surface area (Å²) in [5, 5.41) is 3.41. The van der Waals surface area contributed by atoms with Gasteiger partial charge in [0.2, 0.25) is 0 Å². The van der Waals surface area contributed by atoms with Crippen LogP contribution in [0.2, 0.25) is 0 Å². The van der Waals surface area contributed by atoms with Gasteiger partial charge in [-0.1, -0.05) is 0 Å². The van der Waals surface area contributed by atoms with Gasteiger partial charge in [0.25, 0.3) is 0 Å². The van der Waals surface area contributed by atoms with E-state index in [0.717, 1.165) is 4.68 Å². The number of anilines is 1. The molecule has 1 saturated carbocycles. The summed E-state index contributed by atoms with van der Waals surface area (Å²) in [6, 6.07) is -0.144. The largest absolute Gasteiger partial charge is 0.462 e. The van der Waals surface area contributed by atoms with Crippen molar-refractivity contribution in [3.8, 4) is 0 Å². The van der Waals surface area contributed by atoms with Crippen molar-refractivity contribution in [2.24, 2.45) is 0 Å². The molecular weight excluding hydrogens is 251 g/mol. The first-order chi connectivity index (χ1) is 8.36. The molecule has 0 saturated heterocycles. The van der Waals surface area contributed by atoms with E-state index >= 15 is 0 Å². The lowest BCUT2D eigenvalue weighted by Gasteiger charge is -2.05. The van der Waals surface area contributed by atoms with Crippen LogP contribution in [0, 0.1) is 0 Å². The molecule has 1 fully saturated rings. The molecule has 1 aromatic heterocycles. The molecule has 2 N–H and O–H groups in total. The van der Waals surface area contributed by atoms with Gasteiger partial charge in [-0.25, -0.2) is 9.48 Å². The molecule has 0 amide bonds. The summed E-state index contributed by atoms with van der Waals surface area (Å²) in [7, 11) is 0. The van der Waals surface area contributed by atoms with Gasteiger partial charge in [-0.3, -0.25) is 0 Å². The van der Waals surface area contributed by atoms with E-state index in [1.165, 1.54) is 6.92 Å².